The molecule has 5 nitrogen and oxygen atoms in total. The molecule has 0 aliphatic rings. The lowest BCUT2D eigenvalue weighted by Gasteiger charge is -2.26. The standard InChI is InChI=1S/C17H23ClF3N3O2/c1-10(24(5)9-14(25)23-16(2,3)4)15(26)22-13-8-11(17(19,20)21)6-7-12(13)18/h6-8,10H,9H2,1-5H3,(H,22,26)(H,23,25)/t10-/m0/s1. The summed E-state index contributed by atoms with van der Waals surface area (Å²) >= 11 is 5.87. The molecule has 146 valence electrons. The van der Waals surface area contributed by atoms with Gasteiger partial charge >= 0.3 is 6.18 Å². The second-order valence-corrected chi connectivity index (χ2v) is 7.48. The maximum absolute atomic E-state index is 12.8. The maximum Gasteiger partial charge on any atom is 0.416 e. The van der Waals surface area contributed by atoms with Crippen molar-refractivity contribution in [2.45, 2.75) is 45.5 Å². The van der Waals surface area contributed by atoms with Gasteiger partial charge in [0.05, 0.1) is 28.9 Å². The Bertz CT molecular complexity index is 672. The first-order valence-electron chi connectivity index (χ1n) is 7.89. The molecule has 2 amide bonds. The van der Waals surface area contributed by atoms with Crippen molar-refractivity contribution in [2.24, 2.45) is 0 Å². The van der Waals surface area contributed by atoms with Gasteiger partial charge in [0.15, 0.2) is 0 Å². The topological polar surface area (TPSA) is 61.4 Å². The zero-order chi connectivity index (χ0) is 20.3. The summed E-state index contributed by atoms with van der Waals surface area (Å²) in [5.41, 5.74) is -1.46. The highest BCUT2D eigenvalue weighted by atomic mass is 35.5. The fraction of sp³-hybridized carbons (Fsp3) is 0.529. The molecule has 1 aromatic carbocycles. The number of halogens is 4. The van der Waals surface area contributed by atoms with Crippen LogP contribution in [0.1, 0.15) is 33.3 Å². The van der Waals surface area contributed by atoms with E-state index in [2.05, 4.69) is 10.6 Å². The zero-order valence-electron chi connectivity index (χ0n) is 15.3. The summed E-state index contributed by atoms with van der Waals surface area (Å²) in [7, 11) is 1.57. The van der Waals surface area contributed by atoms with Crippen molar-refractivity contribution >= 4 is 29.1 Å². The molecule has 0 bridgehead atoms. The highest BCUT2D eigenvalue weighted by Gasteiger charge is 2.31. The molecular formula is C17H23ClF3N3O2. The molecule has 0 aromatic heterocycles. The SMILES string of the molecule is C[C@@H](C(=O)Nc1cc(C(F)(F)F)ccc1Cl)N(C)CC(=O)NC(C)(C)C. The molecule has 0 aliphatic heterocycles. The maximum atomic E-state index is 12.8. The van der Waals surface area contributed by atoms with Gasteiger partial charge in [0, 0.05) is 5.54 Å². The van der Waals surface area contributed by atoms with Gasteiger partial charge in [-0.3, -0.25) is 14.5 Å². The van der Waals surface area contributed by atoms with Gasteiger partial charge in [0.1, 0.15) is 0 Å². The van der Waals surface area contributed by atoms with E-state index < -0.39 is 29.2 Å². The van der Waals surface area contributed by atoms with Crippen LogP contribution in [0.2, 0.25) is 5.02 Å². The first kappa shape index (κ1) is 22.2. The summed E-state index contributed by atoms with van der Waals surface area (Å²) in [4.78, 5) is 25.7. The van der Waals surface area contributed by atoms with Gasteiger partial charge in [-0.15, -0.1) is 0 Å². The molecule has 0 saturated carbocycles. The summed E-state index contributed by atoms with van der Waals surface area (Å²) in [6, 6.07) is 1.93. The Balaban J connectivity index is 2.79. The third kappa shape index (κ3) is 6.84. The predicted molar refractivity (Wildman–Crippen MR) is 95.1 cm³/mol. The Kier molecular flexibility index (Phi) is 7.07. The van der Waals surface area contributed by atoms with Crippen LogP contribution in [-0.4, -0.2) is 41.9 Å². The van der Waals surface area contributed by atoms with E-state index in [1.54, 1.807) is 14.0 Å². The third-order valence-corrected chi connectivity index (χ3v) is 3.83. The second kappa shape index (κ2) is 8.26. The first-order valence-corrected chi connectivity index (χ1v) is 8.27. The molecule has 0 unspecified atom stereocenters. The Morgan fingerprint density at radius 2 is 1.81 bits per heavy atom. The average Bonchev–Trinajstić information content (AvgIpc) is 2.45. The van der Waals surface area contributed by atoms with Crippen molar-refractivity contribution in [1.29, 1.82) is 0 Å². The van der Waals surface area contributed by atoms with Gasteiger partial charge in [-0.05, 0) is 52.9 Å². The van der Waals surface area contributed by atoms with E-state index in [9.17, 15) is 22.8 Å². The summed E-state index contributed by atoms with van der Waals surface area (Å²) in [6.45, 7) is 6.99. The quantitative estimate of drug-likeness (QED) is 0.804. The summed E-state index contributed by atoms with van der Waals surface area (Å²) in [5.74, 6) is -0.839. The molecule has 1 aromatic rings. The number of amides is 2. The van der Waals surface area contributed by atoms with Gasteiger partial charge in [-0.2, -0.15) is 13.2 Å². The number of rotatable bonds is 5. The van der Waals surface area contributed by atoms with Crippen LogP contribution in [0.4, 0.5) is 18.9 Å². The van der Waals surface area contributed by atoms with E-state index in [4.69, 9.17) is 11.6 Å². The fourth-order valence-corrected chi connectivity index (χ4v) is 2.22. The van der Waals surface area contributed by atoms with Gasteiger partial charge < -0.3 is 10.6 Å². The molecular weight excluding hydrogens is 371 g/mol. The number of nitrogens with zero attached hydrogens (tertiary/aromatic N) is 1. The fourth-order valence-electron chi connectivity index (χ4n) is 2.06. The second-order valence-electron chi connectivity index (χ2n) is 7.07. The molecule has 0 saturated heterocycles. The lowest BCUT2D eigenvalue weighted by Crippen LogP contribution is -2.49. The molecule has 0 radical (unpaired) electrons. The van der Waals surface area contributed by atoms with Crippen LogP contribution < -0.4 is 10.6 Å². The smallest absolute Gasteiger partial charge is 0.350 e. The van der Waals surface area contributed by atoms with Crippen molar-refractivity contribution in [3.05, 3.63) is 28.8 Å². The minimum absolute atomic E-state index is 0.00770. The molecule has 1 rings (SSSR count). The first-order chi connectivity index (χ1) is 11.7. The van der Waals surface area contributed by atoms with E-state index >= 15 is 0 Å². The number of hydrogen-bond donors (Lipinski definition) is 2. The minimum Gasteiger partial charge on any atom is -0.350 e. The number of carbonyl (C=O) groups is 2. The largest absolute Gasteiger partial charge is 0.416 e. The predicted octanol–water partition coefficient (Wildman–Crippen LogP) is 3.53. The normalized spacial score (nSPS) is 13.5. The highest BCUT2D eigenvalue weighted by Crippen LogP contribution is 2.33. The van der Waals surface area contributed by atoms with E-state index in [1.807, 2.05) is 20.8 Å². The van der Waals surface area contributed by atoms with Crippen molar-refractivity contribution < 1.29 is 22.8 Å². The molecule has 2 N–H and O–H groups in total. The summed E-state index contributed by atoms with van der Waals surface area (Å²) in [5, 5.41) is 5.14. The molecule has 0 heterocycles. The molecule has 1 atom stereocenters. The van der Waals surface area contributed by atoms with Crippen LogP contribution in [0.15, 0.2) is 18.2 Å². The highest BCUT2D eigenvalue weighted by molar-refractivity contribution is 6.33. The number of alkyl halides is 3. The molecule has 0 aliphatic carbocycles. The number of likely N-dealkylation sites (N-methyl/N-ethyl adjacent to an activating group) is 1. The van der Waals surface area contributed by atoms with Crippen molar-refractivity contribution in [1.82, 2.24) is 10.2 Å². The van der Waals surface area contributed by atoms with Gasteiger partial charge in [0.25, 0.3) is 0 Å². The zero-order valence-corrected chi connectivity index (χ0v) is 16.0. The van der Waals surface area contributed by atoms with Crippen molar-refractivity contribution in [3.63, 3.8) is 0 Å². The van der Waals surface area contributed by atoms with E-state index in [1.165, 1.54) is 4.90 Å². The van der Waals surface area contributed by atoms with Crippen LogP contribution in [0.25, 0.3) is 0 Å². The number of carbonyl (C=O) groups excluding carboxylic acids is 2. The lowest BCUT2D eigenvalue weighted by atomic mass is 10.1. The molecule has 0 spiro atoms. The van der Waals surface area contributed by atoms with Crippen LogP contribution >= 0.6 is 11.6 Å². The monoisotopic (exact) mass is 393 g/mol. The number of benzene rings is 1. The van der Waals surface area contributed by atoms with Crippen LogP contribution in [-0.2, 0) is 15.8 Å². The third-order valence-electron chi connectivity index (χ3n) is 3.50. The summed E-state index contributed by atoms with van der Waals surface area (Å²) in [6.07, 6.45) is -4.54. The summed E-state index contributed by atoms with van der Waals surface area (Å²) < 4.78 is 38.4. The van der Waals surface area contributed by atoms with Crippen LogP contribution in [0.5, 0.6) is 0 Å². The number of hydrogen-bond acceptors (Lipinski definition) is 3. The Hall–Kier alpha value is -1.80. The Morgan fingerprint density at radius 1 is 1.23 bits per heavy atom. The minimum atomic E-state index is -4.54. The van der Waals surface area contributed by atoms with E-state index in [0.717, 1.165) is 18.2 Å². The average molecular weight is 394 g/mol. The lowest BCUT2D eigenvalue weighted by molar-refractivity contribution is -0.137. The van der Waals surface area contributed by atoms with Gasteiger partial charge in [0.2, 0.25) is 11.8 Å². The van der Waals surface area contributed by atoms with Gasteiger partial charge in [-0.1, -0.05) is 11.6 Å². The van der Waals surface area contributed by atoms with Crippen LogP contribution in [0, 0.1) is 0 Å². The Labute approximate surface area is 155 Å². The van der Waals surface area contributed by atoms with Gasteiger partial charge in [-0.25, -0.2) is 0 Å². The molecule has 26 heavy (non-hydrogen) atoms. The molecule has 9 heteroatoms. The molecule has 0 fully saturated rings. The van der Waals surface area contributed by atoms with E-state index in [0.29, 0.717) is 0 Å². The Morgan fingerprint density at radius 3 is 2.31 bits per heavy atom. The number of nitrogens with one attached hydrogen (secondary N) is 2. The number of anilines is 1. The van der Waals surface area contributed by atoms with E-state index in [-0.39, 0.29) is 23.2 Å². The van der Waals surface area contributed by atoms with Crippen LogP contribution in [0.3, 0.4) is 0 Å². The van der Waals surface area contributed by atoms with Crippen molar-refractivity contribution in [2.75, 3.05) is 18.9 Å². The van der Waals surface area contributed by atoms with Crippen molar-refractivity contribution in [3.8, 4) is 0 Å².